The Bertz CT molecular complexity index is 412. The molecule has 0 atom stereocenters. The number of nitrogens with one attached hydrogen (secondary N) is 1. The van der Waals surface area contributed by atoms with E-state index >= 15 is 0 Å². The van der Waals surface area contributed by atoms with Crippen LogP contribution in [0.4, 0.5) is 8.78 Å². The molecular weight excluding hydrogens is 202 g/mol. The van der Waals surface area contributed by atoms with Crippen LogP contribution in [-0.2, 0) is 11.3 Å². The van der Waals surface area contributed by atoms with E-state index in [4.69, 9.17) is 5.26 Å². The van der Waals surface area contributed by atoms with E-state index in [-0.39, 0.29) is 18.5 Å². The van der Waals surface area contributed by atoms with Gasteiger partial charge in [-0.3, -0.25) is 4.79 Å². The summed E-state index contributed by atoms with van der Waals surface area (Å²) < 4.78 is 25.5. The predicted molar refractivity (Wildman–Crippen MR) is 48.4 cm³/mol. The normalized spacial score (nSPS) is 9.40. The molecule has 1 aromatic carbocycles. The maximum atomic E-state index is 13.0. The van der Waals surface area contributed by atoms with Crippen molar-refractivity contribution in [1.29, 1.82) is 5.26 Å². The maximum Gasteiger partial charge on any atom is 0.234 e. The smallest absolute Gasteiger partial charge is 0.234 e. The molecule has 5 heteroatoms. The van der Waals surface area contributed by atoms with Crippen molar-refractivity contribution in [3.05, 3.63) is 35.4 Å². The van der Waals surface area contributed by atoms with E-state index in [9.17, 15) is 13.6 Å². The van der Waals surface area contributed by atoms with E-state index in [0.29, 0.717) is 0 Å². The van der Waals surface area contributed by atoms with Crippen LogP contribution in [0.5, 0.6) is 0 Å². The standard InChI is InChI=1S/C10H8F2N2O/c11-8-2-1-7(9(12)5-8)6-14-10(15)3-4-13/h1-2,5H,3,6H2,(H,14,15). The Hall–Kier alpha value is -1.96. The van der Waals surface area contributed by atoms with Gasteiger partial charge in [-0.15, -0.1) is 0 Å². The van der Waals surface area contributed by atoms with Gasteiger partial charge in [0.1, 0.15) is 18.1 Å². The molecule has 0 fully saturated rings. The summed E-state index contributed by atoms with van der Waals surface area (Å²) in [6.07, 6.45) is -0.275. The van der Waals surface area contributed by atoms with E-state index in [1.165, 1.54) is 6.07 Å². The average Bonchev–Trinajstić information content (AvgIpc) is 2.17. The minimum atomic E-state index is -0.716. The molecule has 0 radical (unpaired) electrons. The minimum absolute atomic E-state index is 0.0490. The molecule has 78 valence electrons. The van der Waals surface area contributed by atoms with Crippen LogP contribution < -0.4 is 5.32 Å². The number of hydrogen-bond donors (Lipinski definition) is 1. The molecule has 1 amide bonds. The van der Waals surface area contributed by atoms with E-state index in [1.807, 2.05) is 0 Å². The first kappa shape index (κ1) is 11.1. The van der Waals surface area contributed by atoms with Crippen molar-refractivity contribution >= 4 is 5.91 Å². The van der Waals surface area contributed by atoms with Crippen molar-refractivity contribution in [2.75, 3.05) is 0 Å². The van der Waals surface area contributed by atoms with Gasteiger partial charge < -0.3 is 5.32 Å². The van der Waals surface area contributed by atoms with Gasteiger partial charge in [0, 0.05) is 18.2 Å². The molecule has 0 bridgehead atoms. The monoisotopic (exact) mass is 210 g/mol. The van der Waals surface area contributed by atoms with Crippen LogP contribution in [-0.4, -0.2) is 5.91 Å². The number of benzene rings is 1. The number of rotatable bonds is 3. The van der Waals surface area contributed by atoms with Crippen LogP contribution in [0.1, 0.15) is 12.0 Å². The third-order valence-corrected chi connectivity index (χ3v) is 1.73. The predicted octanol–water partition coefficient (Wildman–Crippen LogP) is 1.49. The Morgan fingerprint density at radius 1 is 1.47 bits per heavy atom. The SMILES string of the molecule is N#CCC(=O)NCc1ccc(F)cc1F. The van der Waals surface area contributed by atoms with Gasteiger partial charge in [0.05, 0.1) is 6.07 Å². The maximum absolute atomic E-state index is 13.0. The van der Waals surface area contributed by atoms with Crippen molar-refractivity contribution < 1.29 is 13.6 Å². The summed E-state index contributed by atoms with van der Waals surface area (Å²) in [5.74, 6) is -1.87. The molecule has 0 aliphatic carbocycles. The molecule has 0 saturated carbocycles. The molecule has 15 heavy (non-hydrogen) atoms. The summed E-state index contributed by atoms with van der Waals surface area (Å²) >= 11 is 0. The highest BCUT2D eigenvalue weighted by Crippen LogP contribution is 2.08. The Morgan fingerprint density at radius 3 is 2.80 bits per heavy atom. The number of carbonyl (C=O) groups excluding carboxylic acids is 1. The Balaban J connectivity index is 2.59. The van der Waals surface area contributed by atoms with Crippen molar-refractivity contribution in [3.8, 4) is 6.07 Å². The lowest BCUT2D eigenvalue weighted by Gasteiger charge is -2.04. The van der Waals surface area contributed by atoms with Crippen LogP contribution in [0.25, 0.3) is 0 Å². The molecule has 1 N–H and O–H groups in total. The highest BCUT2D eigenvalue weighted by molar-refractivity contribution is 5.77. The molecule has 3 nitrogen and oxygen atoms in total. The van der Waals surface area contributed by atoms with Gasteiger partial charge in [0.2, 0.25) is 5.91 Å². The molecule has 1 aromatic rings. The third kappa shape index (κ3) is 3.35. The van der Waals surface area contributed by atoms with Gasteiger partial charge in [0.15, 0.2) is 0 Å². The van der Waals surface area contributed by atoms with Crippen molar-refractivity contribution in [3.63, 3.8) is 0 Å². The van der Waals surface area contributed by atoms with E-state index in [0.717, 1.165) is 12.1 Å². The van der Waals surface area contributed by atoms with Crippen LogP contribution in [0.2, 0.25) is 0 Å². The van der Waals surface area contributed by atoms with Gasteiger partial charge >= 0.3 is 0 Å². The highest BCUT2D eigenvalue weighted by Gasteiger charge is 2.05. The lowest BCUT2D eigenvalue weighted by molar-refractivity contribution is -0.120. The molecule has 0 heterocycles. The lowest BCUT2D eigenvalue weighted by Crippen LogP contribution is -2.22. The Labute approximate surface area is 85.3 Å². The van der Waals surface area contributed by atoms with Crippen molar-refractivity contribution in [2.45, 2.75) is 13.0 Å². The second-order valence-corrected chi connectivity index (χ2v) is 2.85. The van der Waals surface area contributed by atoms with Crippen molar-refractivity contribution in [2.24, 2.45) is 0 Å². The molecule has 0 saturated heterocycles. The van der Waals surface area contributed by atoms with Crippen LogP contribution in [0.15, 0.2) is 18.2 Å². The zero-order valence-electron chi connectivity index (χ0n) is 7.76. The van der Waals surface area contributed by atoms with E-state index in [2.05, 4.69) is 5.32 Å². The van der Waals surface area contributed by atoms with Crippen molar-refractivity contribution in [1.82, 2.24) is 5.32 Å². The summed E-state index contributed by atoms with van der Waals surface area (Å²) in [5.41, 5.74) is 0.183. The third-order valence-electron chi connectivity index (χ3n) is 1.73. The second kappa shape index (κ2) is 5.05. The van der Waals surface area contributed by atoms with Gasteiger partial charge in [0.25, 0.3) is 0 Å². The Kier molecular flexibility index (Phi) is 3.75. The molecule has 0 unspecified atom stereocenters. The molecular formula is C10H8F2N2O. The molecule has 0 spiro atoms. The first-order chi connectivity index (χ1) is 7.13. The number of amides is 1. The number of hydrogen-bond acceptors (Lipinski definition) is 2. The van der Waals surface area contributed by atoms with Crippen LogP contribution >= 0.6 is 0 Å². The fraction of sp³-hybridized carbons (Fsp3) is 0.200. The number of carbonyl (C=O) groups is 1. The largest absolute Gasteiger partial charge is 0.351 e. The minimum Gasteiger partial charge on any atom is -0.351 e. The van der Waals surface area contributed by atoms with Gasteiger partial charge in [-0.2, -0.15) is 5.26 Å². The summed E-state index contributed by atoms with van der Waals surface area (Å²) in [7, 11) is 0. The zero-order chi connectivity index (χ0) is 11.3. The first-order valence-electron chi connectivity index (χ1n) is 4.21. The number of nitrogens with zero attached hydrogens (tertiary/aromatic N) is 1. The molecule has 0 aromatic heterocycles. The summed E-state index contributed by atoms with van der Waals surface area (Å²) in [6, 6.07) is 4.76. The van der Waals surface area contributed by atoms with Gasteiger partial charge in [-0.25, -0.2) is 8.78 Å². The molecule has 0 aliphatic rings. The summed E-state index contributed by atoms with van der Waals surface area (Å²) in [4.78, 5) is 10.9. The topological polar surface area (TPSA) is 52.9 Å². The lowest BCUT2D eigenvalue weighted by atomic mass is 10.2. The fourth-order valence-corrected chi connectivity index (χ4v) is 0.993. The quantitative estimate of drug-likeness (QED) is 0.821. The highest BCUT2D eigenvalue weighted by atomic mass is 19.1. The van der Waals surface area contributed by atoms with Gasteiger partial charge in [-0.05, 0) is 6.07 Å². The van der Waals surface area contributed by atoms with Crippen LogP contribution in [0.3, 0.4) is 0 Å². The Morgan fingerprint density at radius 2 is 2.20 bits per heavy atom. The number of halogens is 2. The van der Waals surface area contributed by atoms with Crippen LogP contribution in [0, 0.1) is 23.0 Å². The number of nitriles is 1. The summed E-state index contributed by atoms with van der Waals surface area (Å²) in [6.45, 7) is -0.0490. The molecule has 0 aliphatic heterocycles. The average molecular weight is 210 g/mol. The fourth-order valence-electron chi connectivity index (χ4n) is 0.993. The van der Waals surface area contributed by atoms with E-state index < -0.39 is 17.5 Å². The first-order valence-corrected chi connectivity index (χ1v) is 4.21. The molecule has 1 rings (SSSR count). The second-order valence-electron chi connectivity index (χ2n) is 2.85. The zero-order valence-corrected chi connectivity index (χ0v) is 7.76. The summed E-state index contributed by atoms with van der Waals surface area (Å²) in [5, 5.41) is 10.5. The van der Waals surface area contributed by atoms with Gasteiger partial charge in [-0.1, -0.05) is 6.07 Å². The van der Waals surface area contributed by atoms with E-state index in [1.54, 1.807) is 6.07 Å².